The van der Waals surface area contributed by atoms with Gasteiger partial charge in [-0.25, -0.2) is 0 Å². The molecule has 8 heteroatoms. The van der Waals surface area contributed by atoms with Gasteiger partial charge in [0.25, 0.3) is 11.6 Å². The van der Waals surface area contributed by atoms with Gasteiger partial charge in [0, 0.05) is 17.1 Å². The molecule has 7 nitrogen and oxygen atoms in total. The highest BCUT2D eigenvalue weighted by Crippen LogP contribution is 2.31. The largest absolute Gasteiger partial charge is 0.480 e. The quantitative estimate of drug-likeness (QED) is 0.661. The molecule has 20 heavy (non-hydrogen) atoms. The third-order valence-electron chi connectivity index (χ3n) is 2.94. The topological polar surface area (TPSA) is 101 Å². The molecular weight excluding hydrogens is 288 g/mol. The fourth-order valence-corrected chi connectivity index (χ4v) is 2.06. The summed E-state index contributed by atoms with van der Waals surface area (Å²) >= 11 is 5.68. The van der Waals surface area contributed by atoms with E-state index in [1.165, 1.54) is 12.1 Å². The van der Waals surface area contributed by atoms with Crippen LogP contribution in [0.2, 0.25) is 5.02 Å². The van der Waals surface area contributed by atoms with E-state index in [4.69, 9.17) is 16.7 Å². The Labute approximate surface area is 118 Å². The molecule has 1 aliphatic carbocycles. The molecule has 106 valence electrons. The van der Waals surface area contributed by atoms with Crippen LogP contribution >= 0.6 is 11.6 Å². The fourth-order valence-electron chi connectivity index (χ4n) is 1.89. The van der Waals surface area contributed by atoms with Crippen molar-refractivity contribution in [2.45, 2.75) is 18.9 Å². The van der Waals surface area contributed by atoms with Crippen LogP contribution < -0.4 is 0 Å². The predicted molar refractivity (Wildman–Crippen MR) is 69.8 cm³/mol. The lowest BCUT2D eigenvalue weighted by Gasteiger charge is -2.20. The first-order chi connectivity index (χ1) is 9.40. The van der Waals surface area contributed by atoms with Gasteiger partial charge in [0.15, 0.2) is 0 Å². The molecule has 1 N–H and O–H groups in total. The highest BCUT2D eigenvalue weighted by molar-refractivity contribution is 6.31. The smallest absolute Gasteiger partial charge is 0.323 e. The Morgan fingerprint density at radius 1 is 1.45 bits per heavy atom. The van der Waals surface area contributed by atoms with Gasteiger partial charge in [0.1, 0.15) is 12.1 Å². The molecule has 1 aromatic rings. The number of benzene rings is 1. The third kappa shape index (κ3) is 3.05. The zero-order valence-corrected chi connectivity index (χ0v) is 11.0. The van der Waals surface area contributed by atoms with Crippen molar-refractivity contribution in [3.8, 4) is 0 Å². The number of nitro groups is 1. The van der Waals surface area contributed by atoms with E-state index < -0.39 is 29.0 Å². The number of rotatable bonds is 5. The zero-order valence-electron chi connectivity index (χ0n) is 10.3. The molecule has 0 bridgehead atoms. The summed E-state index contributed by atoms with van der Waals surface area (Å²) in [7, 11) is 0. The maximum atomic E-state index is 12.3. The van der Waals surface area contributed by atoms with Crippen LogP contribution in [0.15, 0.2) is 18.2 Å². The second kappa shape index (κ2) is 5.46. The van der Waals surface area contributed by atoms with Crippen LogP contribution in [0.5, 0.6) is 0 Å². The Balaban J connectivity index is 2.36. The van der Waals surface area contributed by atoms with Crippen molar-refractivity contribution in [2.75, 3.05) is 6.54 Å². The summed E-state index contributed by atoms with van der Waals surface area (Å²) in [5, 5.41) is 19.9. The molecule has 1 saturated carbocycles. The molecule has 0 aliphatic heterocycles. The molecule has 0 saturated heterocycles. The minimum absolute atomic E-state index is 0.143. The molecule has 0 aromatic heterocycles. The summed E-state index contributed by atoms with van der Waals surface area (Å²) < 4.78 is 0. The van der Waals surface area contributed by atoms with Crippen molar-refractivity contribution in [3.05, 3.63) is 38.9 Å². The number of carboxylic acid groups (broad SMARTS) is 1. The summed E-state index contributed by atoms with van der Waals surface area (Å²) in [5.41, 5.74) is -0.564. The van der Waals surface area contributed by atoms with Gasteiger partial charge >= 0.3 is 5.97 Å². The van der Waals surface area contributed by atoms with E-state index in [1.54, 1.807) is 0 Å². The molecule has 0 unspecified atom stereocenters. The zero-order chi connectivity index (χ0) is 14.9. The van der Waals surface area contributed by atoms with Crippen molar-refractivity contribution < 1.29 is 19.6 Å². The van der Waals surface area contributed by atoms with Crippen molar-refractivity contribution in [2.24, 2.45) is 0 Å². The Hall–Kier alpha value is -2.15. The van der Waals surface area contributed by atoms with Gasteiger partial charge in [-0.15, -0.1) is 0 Å². The first kappa shape index (κ1) is 14.3. The Morgan fingerprint density at radius 3 is 2.60 bits per heavy atom. The lowest BCUT2D eigenvalue weighted by molar-refractivity contribution is -0.385. The van der Waals surface area contributed by atoms with Crippen LogP contribution in [0.1, 0.15) is 23.2 Å². The van der Waals surface area contributed by atoms with Crippen molar-refractivity contribution in [1.29, 1.82) is 0 Å². The number of aliphatic carboxylic acids is 1. The molecule has 0 spiro atoms. The number of carbonyl (C=O) groups excluding carboxylic acids is 1. The highest BCUT2D eigenvalue weighted by atomic mass is 35.5. The Morgan fingerprint density at radius 2 is 2.10 bits per heavy atom. The number of halogens is 1. The van der Waals surface area contributed by atoms with Crippen LogP contribution in [0, 0.1) is 10.1 Å². The van der Waals surface area contributed by atoms with E-state index in [9.17, 15) is 19.7 Å². The first-order valence-corrected chi connectivity index (χ1v) is 6.24. The van der Waals surface area contributed by atoms with Crippen LogP contribution in [0.3, 0.4) is 0 Å². The summed E-state index contributed by atoms with van der Waals surface area (Å²) in [6, 6.07) is 3.54. The lowest BCUT2D eigenvalue weighted by atomic mass is 10.1. The van der Waals surface area contributed by atoms with Crippen molar-refractivity contribution in [1.82, 2.24) is 4.90 Å². The molecule has 0 heterocycles. The van der Waals surface area contributed by atoms with Gasteiger partial charge in [0.05, 0.1) is 4.92 Å². The van der Waals surface area contributed by atoms with Crippen molar-refractivity contribution in [3.63, 3.8) is 0 Å². The minimum atomic E-state index is -1.15. The van der Waals surface area contributed by atoms with Crippen LogP contribution in [-0.2, 0) is 4.79 Å². The van der Waals surface area contributed by atoms with Crippen LogP contribution in [0.25, 0.3) is 0 Å². The van der Waals surface area contributed by atoms with E-state index in [1.807, 2.05) is 0 Å². The van der Waals surface area contributed by atoms with Gasteiger partial charge in [-0.3, -0.25) is 19.7 Å². The van der Waals surface area contributed by atoms with E-state index in [2.05, 4.69) is 0 Å². The average molecular weight is 299 g/mol. The van der Waals surface area contributed by atoms with Gasteiger partial charge < -0.3 is 10.0 Å². The maximum Gasteiger partial charge on any atom is 0.323 e. The molecule has 1 aliphatic rings. The van der Waals surface area contributed by atoms with E-state index in [-0.39, 0.29) is 16.6 Å². The SMILES string of the molecule is O=C(O)CN(C(=O)c1ccc(Cl)cc1[N+](=O)[O-])C1CC1. The predicted octanol–water partition coefficient (Wildman–Crippen LogP) is 1.94. The normalized spacial score (nSPS) is 13.8. The number of carboxylic acids is 1. The highest BCUT2D eigenvalue weighted by Gasteiger charge is 2.36. The van der Waals surface area contributed by atoms with Gasteiger partial charge in [-0.05, 0) is 25.0 Å². The lowest BCUT2D eigenvalue weighted by Crippen LogP contribution is -2.37. The van der Waals surface area contributed by atoms with E-state index in [0.717, 1.165) is 11.0 Å². The summed E-state index contributed by atoms with van der Waals surface area (Å²) in [4.78, 5) is 34.5. The van der Waals surface area contributed by atoms with Crippen LogP contribution in [-0.4, -0.2) is 39.4 Å². The number of nitrogens with zero attached hydrogens (tertiary/aromatic N) is 2. The molecule has 2 rings (SSSR count). The molecular formula is C12H11ClN2O5. The van der Waals surface area contributed by atoms with Crippen LogP contribution in [0.4, 0.5) is 5.69 Å². The summed E-state index contributed by atoms with van der Waals surface area (Å²) in [6.07, 6.45) is 1.42. The third-order valence-corrected chi connectivity index (χ3v) is 3.18. The van der Waals surface area contributed by atoms with Gasteiger partial charge in [0.2, 0.25) is 0 Å². The standard InChI is InChI=1S/C12H11ClN2O5/c13-7-1-4-9(10(5-7)15(19)20)12(18)14(6-11(16)17)8-2-3-8/h1,4-5,8H,2-3,6H2,(H,16,17). The number of hydrogen-bond donors (Lipinski definition) is 1. The molecule has 1 amide bonds. The molecule has 1 fully saturated rings. The van der Waals surface area contributed by atoms with Crippen molar-refractivity contribution >= 4 is 29.2 Å². The van der Waals surface area contributed by atoms with E-state index in [0.29, 0.717) is 12.8 Å². The first-order valence-electron chi connectivity index (χ1n) is 5.87. The second-order valence-corrected chi connectivity index (χ2v) is 4.91. The Bertz CT molecular complexity index is 585. The number of carbonyl (C=O) groups is 2. The van der Waals surface area contributed by atoms with E-state index >= 15 is 0 Å². The number of hydrogen-bond acceptors (Lipinski definition) is 4. The second-order valence-electron chi connectivity index (χ2n) is 4.48. The Kier molecular flexibility index (Phi) is 3.89. The average Bonchev–Trinajstić information content (AvgIpc) is 3.19. The number of amides is 1. The molecule has 0 radical (unpaired) electrons. The fraction of sp³-hybridized carbons (Fsp3) is 0.333. The summed E-state index contributed by atoms with van der Waals surface area (Å²) in [5.74, 6) is -1.81. The van der Waals surface area contributed by atoms with Gasteiger partial charge in [-0.1, -0.05) is 11.6 Å². The number of nitro benzene ring substituents is 1. The summed E-state index contributed by atoms with van der Waals surface area (Å²) in [6.45, 7) is -0.469. The van der Waals surface area contributed by atoms with Gasteiger partial charge in [-0.2, -0.15) is 0 Å². The minimum Gasteiger partial charge on any atom is -0.480 e. The molecule has 1 aromatic carbocycles. The maximum absolute atomic E-state index is 12.3. The molecule has 0 atom stereocenters. The monoisotopic (exact) mass is 298 g/mol.